The van der Waals surface area contributed by atoms with Crippen molar-refractivity contribution in [2.75, 3.05) is 13.1 Å². The van der Waals surface area contributed by atoms with E-state index >= 15 is 0 Å². The SMILES string of the molecule is C=CC(=O)O.NCCCN. The van der Waals surface area contributed by atoms with Crippen molar-refractivity contribution in [2.24, 2.45) is 11.5 Å². The highest BCUT2D eigenvalue weighted by Crippen LogP contribution is 1.58. The minimum Gasteiger partial charge on any atom is -0.478 e. The monoisotopic (exact) mass is 146 g/mol. The molecule has 0 atom stereocenters. The highest BCUT2D eigenvalue weighted by Gasteiger charge is 1.73. The van der Waals surface area contributed by atoms with E-state index in [0.717, 1.165) is 25.6 Å². The summed E-state index contributed by atoms with van der Waals surface area (Å²) >= 11 is 0. The predicted octanol–water partition coefficient (Wildman–Crippen LogP) is -0.449. The number of rotatable bonds is 3. The average molecular weight is 146 g/mol. The summed E-state index contributed by atoms with van der Waals surface area (Å²) < 4.78 is 0. The van der Waals surface area contributed by atoms with Crippen LogP contribution in [-0.2, 0) is 4.79 Å². The summed E-state index contributed by atoms with van der Waals surface area (Å²) in [5.74, 6) is -0.981. The minimum absolute atomic E-state index is 0.719. The molecule has 0 rings (SSSR count). The number of carboxylic acids is 1. The van der Waals surface area contributed by atoms with Crippen molar-refractivity contribution in [1.82, 2.24) is 0 Å². The van der Waals surface area contributed by atoms with Crippen molar-refractivity contribution in [2.45, 2.75) is 6.42 Å². The van der Waals surface area contributed by atoms with Crippen LogP contribution in [-0.4, -0.2) is 24.2 Å². The molecule has 0 radical (unpaired) electrons. The molecule has 0 aliphatic rings. The van der Waals surface area contributed by atoms with Crippen LogP contribution < -0.4 is 11.5 Å². The molecule has 0 aromatic carbocycles. The predicted molar refractivity (Wildman–Crippen MR) is 40.6 cm³/mol. The Balaban J connectivity index is 0. The largest absolute Gasteiger partial charge is 0.478 e. The van der Waals surface area contributed by atoms with Gasteiger partial charge in [0.2, 0.25) is 0 Å². The summed E-state index contributed by atoms with van der Waals surface area (Å²) in [6.07, 6.45) is 1.78. The maximum absolute atomic E-state index is 9.25. The molecule has 0 aromatic heterocycles. The molecule has 4 nitrogen and oxygen atoms in total. The van der Waals surface area contributed by atoms with E-state index in [1.54, 1.807) is 0 Å². The lowest BCUT2D eigenvalue weighted by Crippen LogP contribution is -2.06. The van der Waals surface area contributed by atoms with Gasteiger partial charge in [0.15, 0.2) is 0 Å². The summed E-state index contributed by atoms with van der Waals surface area (Å²) in [6, 6.07) is 0. The normalized spacial score (nSPS) is 7.40. The highest BCUT2D eigenvalue weighted by molar-refractivity contribution is 5.78. The van der Waals surface area contributed by atoms with Gasteiger partial charge in [-0.1, -0.05) is 6.58 Å². The zero-order chi connectivity index (χ0) is 8.41. The minimum atomic E-state index is -0.981. The second-order valence-corrected chi connectivity index (χ2v) is 1.47. The Morgan fingerprint density at radius 2 is 1.80 bits per heavy atom. The Kier molecular flexibility index (Phi) is 13.1. The third-order valence-corrected chi connectivity index (χ3v) is 0.583. The van der Waals surface area contributed by atoms with Crippen LogP contribution in [0.1, 0.15) is 6.42 Å². The Morgan fingerprint density at radius 1 is 1.50 bits per heavy atom. The van der Waals surface area contributed by atoms with E-state index in [1.165, 1.54) is 0 Å². The van der Waals surface area contributed by atoms with E-state index in [-0.39, 0.29) is 0 Å². The first-order chi connectivity index (χ1) is 4.68. The Hall–Kier alpha value is -0.870. The Bertz CT molecular complexity index is 91.7. The molecule has 10 heavy (non-hydrogen) atoms. The van der Waals surface area contributed by atoms with E-state index in [2.05, 4.69) is 6.58 Å². The van der Waals surface area contributed by atoms with E-state index in [9.17, 15) is 4.79 Å². The second-order valence-electron chi connectivity index (χ2n) is 1.47. The van der Waals surface area contributed by atoms with Crippen LogP contribution in [0.2, 0.25) is 0 Å². The third-order valence-electron chi connectivity index (χ3n) is 0.583. The first kappa shape index (κ1) is 11.9. The van der Waals surface area contributed by atoms with Crippen LogP contribution in [0.4, 0.5) is 0 Å². The molecule has 0 heterocycles. The number of hydrogen-bond acceptors (Lipinski definition) is 3. The molecule has 0 unspecified atom stereocenters. The summed E-state index contributed by atoms with van der Waals surface area (Å²) in [5, 5.41) is 7.60. The molecule has 5 N–H and O–H groups in total. The molecule has 0 aromatic rings. The van der Waals surface area contributed by atoms with Crippen LogP contribution in [0.5, 0.6) is 0 Å². The van der Waals surface area contributed by atoms with E-state index in [4.69, 9.17) is 16.6 Å². The Labute approximate surface area is 60.5 Å². The van der Waals surface area contributed by atoms with Gasteiger partial charge in [0.25, 0.3) is 0 Å². The van der Waals surface area contributed by atoms with Gasteiger partial charge in [-0.3, -0.25) is 0 Å². The number of nitrogens with two attached hydrogens (primary N) is 2. The standard InChI is InChI=1S/C3H10N2.C3H4O2/c4-2-1-3-5;1-2-3(4)5/h1-5H2;2H,1H2,(H,4,5). The summed E-state index contributed by atoms with van der Waals surface area (Å²) in [7, 11) is 0. The third kappa shape index (κ3) is 27.3. The van der Waals surface area contributed by atoms with Crippen molar-refractivity contribution in [3.8, 4) is 0 Å². The molecular weight excluding hydrogens is 132 g/mol. The van der Waals surface area contributed by atoms with Crippen LogP contribution in [0.15, 0.2) is 12.7 Å². The average Bonchev–Trinajstić information content (AvgIpc) is 1.91. The zero-order valence-corrected chi connectivity index (χ0v) is 5.92. The maximum Gasteiger partial charge on any atom is 0.327 e. The molecule has 0 fully saturated rings. The molecular formula is C6H14N2O2. The first-order valence-electron chi connectivity index (χ1n) is 2.94. The molecule has 0 saturated heterocycles. The van der Waals surface area contributed by atoms with Crippen molar-refractivity contribution in [3.63, 3.8) is 0 Å². The van der Waals surface area contributed by atoms with Gasteiger partial charge >= 0.3 is 5.97 Å². The molecule has 0 bridgehead atoms. The van der Waals surface area contributed by atoms with Crippen molar-refractivity contribution in [1.29, 1.82) is 0 Å². The van der Waals surface area contributed by atoms with Gasteiger partial charge in [0.05, 0.1) is 0 Å². The van der Waals surface area contributed by atoms with Gasteiger partial charge in [0.1, 0.15) is 0 Å². The van der Waals surface area contributed by atoms with Gasteiger partial charge in [-0.2, -0.15) is 0 Å². The number of carboxylic acid groups (broad SMARTS) is 1. The first-order valence-corrected chi connectivity index (χ1v) is 2.94. The van der Waals surface area contributed by atoms with Gasteiger partial charge in [0, 0.05) is 6.08 Å². The topological polar surface area (TPSA) is 89.3 Å². The van der Waals surface area contributed by atoms with Crippen LogP contribution in [0, 0.1) is 0 Å². The van der Waals surface area contributed by atoms with Crippen LogP contribution >= 0.6 is 0 Å². The number of carbonyl (C=O) groups is 1. The maximum atomic E-state index is 9.25. The smallest absolute Gasteiger partial charge is 0.327 e. The molecule has 0 aliphatic heterocycles. The van der Waals surface area contributed by atoms with Crippen LogP contribution in [0.3, 0.4) is 0 Å². The number of aliphatic carboxylic acids is 1. The fourth-order valence-electron chi connectivity index (χ4n) is 0.118. The summed E-state index contributed by atoms with van der Waals surface area (Å²) in [6.45, 7) is 4.40. The highest BCUT2D eigenvalue weighted by atomic mass is 16.4. The van der Waals surface area contributed by atoms with E-state index in [0.29, 0.717) is 0 Å². The lowest BCUT2D eigenvalue weighted by Gasteiger charge is -1.81. The molecule has 4 heteroatoms. The molecule has 0 aliphatic carbocycles. The van der Waals surface area contributed by atoms with Crippen LogP contribution in [0.25, 0.3) is 0 Å². The van der Waals surface area contributed by atoms with Gasteiger partial charge < -0.3 is 16.6 Å². The quantitative estimate of drug-likeness (QED) is 0.470. The number of hydrogen-bond donors (Lipinski definition) is 3. The second kappa shape index (κ2) is 11.0. The van der Waals surface area contributed by atoms with E-state index in [1.807, 2.05) is 0 Å². The van der Waals surface area contributed by atoms with Gasteiger partial charge in [-0.05, 0) is 19.5 Å². The summed E-state index contributed by atoms with van der Waals surface area (Å²) in [4.78, 5) is 9.25. The fraction of sp³-hybridized carbons (Fsp3) is 0.500. The van der Waals surface area contributed by atoms with Crippen molar-refractivity contribution < 1.29 is 9.90 Å². The van der Waals surface area contributed by atoms with Crippen molar-refractivity contribution >= 4 is 5.97 Å². The lowest BCUT2D eigenvalue weighted by molar-refractivity contribution is -0.131. The molecule has 0 saturated carbocycles. The summed E-state index contributed by atoms with van der Waals surface area (Å²) in [5.41, 5.74) is 10.1. The fourth-order valence-corrected chi connectivity index (χ4v) is 0.118. The Morgan fingerprint density at radius 3 is 1.80 bits per heavy atom. The zero-order valence-electron chi connectivity index (χ0n) is 5.92. The lowest BCUT2D eigenvalue weighted by atomic mass is 10.4. The van der Waals surface area contributed by atoms with E-state index < -0.39 is 5.97 Å². The van der Waals surface area contributed by atoms with Crippen molar-refractivity contribution in [3.05, 3.63) is 12.7 Å². The molecule has 60 valence electrons. The van der Waals surface area contributed by atoms with Gasteiger partial charge in [-0.25, -0.2) is 4.79 Å². The molecule has 0 amide bonds. The van der Waals surface area contributed by atoms with Gasteiger partial charge in [-0.15, -0.1) is 0 Å². The molecule has 0 spiro atoms.